The molecule has 1 aromatic rings. The van der Waals surface area contributed by atoms with E-state index in [0.29, 0.717) is 40.5 Å². The lowest BCUT2D eigenvalue weighted by Gasteiger charge is -2.70. The van der Waals surface area contributed by atoms with E-state index in [1.807, 2.05) is 0 Å². The lowest BCUT2D eigenvalue weighted by Crippen LogP contribution is -2.59. The highest BCUT2D eigenvalue weighted by Gasteiger charge is 2.63. The topological polar surface area (TPSA) is 113 Å². The van der Waals surface area contributed by atoms with Crippen molar-refractivity contribution in [2.75, 3.05) is 17.2 Å². The van der Waals surface area contributed by atoms with Crippen molar-refractivity contribution in [3.63, 3.8) is 0 Å². The number of carbonyl (C=O) groups excluding carboxylic acids is 1. The number of unbranched alkanes of at least 4 members (excludes halogenated alkanes) is 2. The molecule has 5 rings (SSSR count). The van der Waals surface area contributed by atoms with E-state index in [4.69, 9.17) is 5.73 Å². The van der Waals surface area contributed by atoms with E-state index in [1.165, 1.54) is 44.7 Å². The minimum Gasteiger partial charge on any atom is -0.393 e. The van der Waals surface area contributed by atoms with Gasteiger partial charge in [-0.2, -0.15) is 4.98 Å². The van der Waals surface area contributed by atoms with Crippen LogP contribution in [-0.2, 0) is 0 Å². The van der Waals surface area contributed by atoms with Gasteiger partial charge in [0, 0.05) is 18.8 Å². The third-order valence-corrected chi connectivity index (χ3v) is 7.62. The van der Waals surface area contributed by atoms with E-state index in [1.54, 1.807) is 0 Å². The molecule has 0 saturated heterocycles. The van der Waals surface area contributed by atoms with Gasteiger partial charge in [0.15, 0.2) is 0 Å². The van der Waals surface area contributed by atoms with Crippen molar-refractivity contribution in [2.45, 2.75) is 90.2 Å². The third kappa shape index (κ3) is 4.56. The molecule has 166 valence electrons. The van der Waals surface area contributed by atoms with Crippen LogP contribution in [0.4, 0.5) is 11.8 Å². The number of rotatable bonds is 10. The van der Waals surface area contributed by atoms with Crippen LogP contribution in [0.1, 0.15) is 88.4 Å². The van der Waals surface area contributed by atoms with Crippen LogP contribution in [0.15, 0.2) is 6.20 Å². The molecule has 30 heavy (non-hydrogen) atoms. The van der Waals surface area contributed by atoms with Crippen molar-refractivity contribution in [3.8, 4) is 0 Å². The Labute approximate surface area is 179 Å². The normalized spacial score (nSPS) is 34.6. The summed E-state index contributed by atoms with van der Waals surface area (Å²) in [6, 6.07) is 0.0799. The molecule has 7 heteroatoms. The number of amides is 1. The summed E-state index contributed by atoms with van der Waals surface area (Å²) in [5.41, 5.74) is 7.21. The highest BCUT2D eigenvalue weighted by atomic mass is 16.3. The number of aliphatic hydroxyl groups is 1. The Morgan fingerprint density at radius 3 is 2.70 bits per heavy atom. The number of hydrogen-bond acceptors (Lipinski definition) is 6. The molecule has 5 N–H and O–H groups in total. The average Bonchev–Trinajstić information content (AvgIpc) is 2.65. The Morgan fingerprint density at radius 2 is 2.03 bits per heavy atom. The fraction of sp³-hybridized carbons (Fsp3) is 0.783. The Balaban J connectivity index is 1.24. The quantitative estimate of drug-likeness (QED) is 0.433. The molecule has 2 bridgehead atoms. The van der Waals surface area contributed by atoms with E-state index in [0.717, 1.165) is 25.8 Å². The molecule has 1 amide bonds. The third-order valence-electron chi connectivity index (χ3n) is 7.62. The molecule has 4 aliphatic carbocycles. The van der Waals surface area contributed by atoms with Gasteiger partial charge in [0.05, 0.1) is 11.7 Å². The average molecular weight is 416 g/mol. The van der Waals surface area contributed by atoms with Crippen LogP contribution >= 0.6 is 0 Å². The van der Waals surface area contributed by atoms with E-state index >= 15 is 0 Å². The SMILES string of the molecule is C[C@@H]1CC[C@@H](Nc2nc(NCCCCCC34CC(C)(C3)C4)ncc2C(N)=O)C[C@H]1O. The van der Waals surface area contributed by atoms with Gasteiger partial charge < -0.3 is 21.5 Å². The van der Waals surface area contributed by atoms with Gasteiger partial charge in [-0.15, -0.1) is 0 Å². The standard InChI is InChI=1S/C23H37N5O2/c1-15-6-7-16(10-18(15)29)27-20-17(19(24)30)11-26-21(28-20)25-9-5-3-4-8-23-12-22(2,13-23)14-23/h11,15-16,18,29H,3-10,12-14H2,1-2H3,(H2,24,30)(H2,25,26,27,28)/t15-,16-,18-,22?,23?/m1/s1. The van der Waals surface area contributed by atoms with E-state index in [-0.39, 0.29) is 12.1 Å². The minimum atomic E-state index is -0.545. The number of nitrogens with zero attached hydrogens (tertiary/aromatic N) is 2. The Hall–Kier alpha value is -1.89. The van der Waals surface area contributed by atoms with E-state index in [9.17, 15) is 9.90 Å². The van der Waals surface area contributed by atoms with E-state index < -0.39 is 5.91 Å². The van der Waals surface area contributed by atoms with Crippen LogP contribution in [-0.4, -0.2) is 39.7 Å². The maximum absolute atomic E-state index is 11.8. The second-order valence-electron chi connectivity index (χ2n) is 10.6. The van der Waals surface area contributed by atoms with E-state index in [2.05, 4.69) is 34.4 Å². The molecule has 0 aliphatic heterocycles. The molecule has 4 aliphatic rings. The molecule has 3 atom stereocenters. The van der Waals surface area contributed by atoms with Gasteiger partial charge in [-0.25, -0.2) is 4.98 Å². The minimum absolute atomic E-state index is 0.0799. The maximum atomic E-state index is 11.8. The van der Waals surface area contributed by atoms with Gasteiger partial charge in [0.1, 0.15) is 5.82 Å². The van der Waals surface area contributed by atoms with Crippen LogP contribution in [0.25, 0.3) is 0 Å². The first-order valence-electron chi connectivity index (χ1n) is 11.6. The zero-order chi connectivity index (χ0) is 21.4. The number of aromatic nitrogens is 2. The van der Waals surface area contributed by atoms with Crippen LogP contribution < -0.4 is 16.4 Å². The zero-order valence-corrected chi connectivity index (χ0v) is 18.4. The predicted octanol–water partition coefficient (Wildman–Crippen LogP) is 3.70. The first-order chi connectivity index (χ1) is 14.3. The lowest BCUT2D eigenvalue weighted by atomic mass is 9.35. The Kier molecular flexibility index (Phi) is 5.93. The molecule has 0 radical (unpaired) electrons. The van der Waals surface area contributed by atoms with Crippen LogP contribution in [0, 0.1) is 16.7 Å². The Morgan fingerprint density at radius 1 is 1.27 bits per heavy atom. The monoisotopic (exact) mass is 415 g/mol. The van der Waals surface area contributed by atoms with Crippen LogP contribution in [0.2, 0.25) is 0 Å². The number of primary amides is 1. The second kappa shape index (κ2) is 8.33. The van der Waals surface area contributed by atoms with Crippen molar-refractivity contribution in [3.05, 3.63) is 11.8 Å². The van der Waals surface area contributed by atoms with Gasteiger partial charge in [0.2, 0.25) is 5.95 Å². The van der Waals surface area contributed by atoms with Gasteiger partial charge in [-0.1, -0.05) is 26.7 Å². The van der Waals surface area contributed by atoms with Gasteiger partial charge in [0.25, 0.3) is 5.91 Å². The summed E-state index contributed by atoms with van der Waals surface area (Å²) >= 11 is 0. The largest absolute Gasteiger partial charge is 0.393 e. The highest BCUT2D eigenvalue weighted by Crippen LogP contribution is 2.74. The lowest BCUT2D eigenvalue weighted by molar-refractivity contribution is -0.195. The number of aliphatic hydroxyl groups excluding tert-OH is 1. The van der Waals surface area contributed by atoms with Crippen molar-refractivity contribution in [2.24, 2.45) is 22.5 Å². The number of anilines is 2. The fourth-order valence-corrected chi connectivity index (χ4v) is 6.21. The summed E-state index contributed by atoms with van der Waals surface area (Å²) in [4.78, 5) is 20.6. The van der Waals surface area contributed by atoms with Gasteiger partial charge in [-0.3, -0.25) is 4.79 Å². The molecule has 0 spiro atoms. The molecule has 0 unspecified atom stereocenters. The zero-order valence-electron chi connectivity index (χ0n) is 18.4. The molecular formula is C23H37N5O2. The second-order valence-corrected chi connectivity index (χ2v) is 10.6. The number of nitrogens with one attached hydrogen (secondary N) is 2. The smallest absolute Gasteiger partial charge is 0.254 e. The van der Waals surface area contributed by atoms with Crippen LogP contribution in [0.3, 0.4) is 0 Å². The van der Waals surface area contributed by atoms with Gasteiger partial charge >= 0.3 is 0 Å². The molecule has 0 aromatic carbocycles. The number of hydrogen-bond donors (Lipinski definition) is 4. The summed E-state index contributed by atoms with van der Waals surface area (Å²) in [5.74, 6) is 0.735. The summed E-state index contributed by atoms with van der Waals surface area (Å²) in [7, 11) is 0. The first-order valence-corrected chi connectivity index (χ1v) is 11.6. The van der Waals surface area contributed by atoms with Crippen molar-refractivity contribution < 1.29 is 9.90 Å². The maximum Gasteiger partial charge on any atom is 0.254 e. The molecule has 4 saturated carbocycles. The molecule has 1 heterocycles. The highest BCUT2D eigenvalue weighted by molar-refractivity contribution is 5.97. The fourth-order valence-electron chi connectivity index (χ4n) is 6.21. The summed E-state index contributed by atoms with van der Waals surface area (Å²) in [6.45, 7) is 5.31. The van der Waals surface area contributed by atoms with Crippen molar-refractivity contribution in [1.29, 1.82) is 0 Å². The van der Waals surface area contributed by atoms with Crippen LogP contribution in [0.5, 0.6) is 0 Å². The number of carbonyl (C=O) groups is 1. The van der Waals surface area contributed by atoms with Gasteiger partial charge in [-0.05, 0) is 68.1 Å². The molecular weight excluding hydrogens is 378 g/mol. The molecule has 4 fully saturated rings. The summed E-state index contributed by atoms with van der Waals surface area (Å²) in [6.07, 6.45) is 13.0. The number of nitrogens with two attached hydrogens (primary N) is 1. The summed E-state index contributed by atoms with van der Waals surface area (Å²) < 4.78 is 0. The predicted molar refractivity (Wildman–Crippen MR) is 118 cm³/mol. The Bertz CT molecular complexity index is 763. The molecule has 7 nitrogen and oxygen atoms in total. The first kappa shape index (κ1) is 21.3. The van der Waals surface area contributed by atoms with Crippen molar-refractivity contribution in [1.82, 2.24) is 9.97 Å². The molecule has 1 aromatic heterocycles. The van der Waals surface area contributed by atoms with Crippen molar-refractivity contribution >= 4 is 17.7 Å². The summed E-state index contributed by atoms with van der Waals surface area (Å²) in [5, 5.41) is 16.8.